The molecule has 4 atom stereocenters. The van der Waals surface area contributed by atoms with Crippen LogP contribution in [-0.2, 0) is 26.9 Å². The first-order valence-corrected chi connectivity index (χ1v) is 17.7. The minimum atomic E-state index is -1.77. The van der Waals surface area contributed by atoms with Crippen molar-refractivity contribution in [2.45, 2.75) is 75.8 Å². The second-order valence-corrected chi connectivity index (χ2v) is 14.6. The normalized spacial score (nSPS) is 24.7. The molecule has 0 radical (unpaired) electrons. The largest absolute Gasteiger partial charge is 0.491 e. The summed E-state index contributed by atoms with van der Waals surface area (Å²) in [7, 11) is 3.42. The highest BCUT2D eigenvalue weighted by Gasteiger charge is 2.34. The van der Waals surface area contributed by atoms with Crippen molar-refractivity contribution in [1.29, 1.82) is 0 Å². The number of rotatable bonds is 5. The molecule has 4 unspecified atom stereocenters. The van der Waals surface area contributed by atoms with Crippen molar-refractivity contribution < 1.29 is 23.3 Å². The summed E-state index contributed by atoms with van der Waals surface area (Å²) >= 11 is 6.41. The summed E-state index contributed by atoms with van der Waals surface area (Å²) in [6.45, 7) is 10.1. The lowest BCUT2D eigenvalue weighted by molar-refractivity contribution is -0.128. The Labute approximate surface area is 281 Å². The molecule has 2 aliphatic rings. The van der Waals surface area contributed by atoms with Gasteiger partial charge in [-0.15, -0.1) is 0 Å². The maximum absolute atomic E-state index is 13.5. The summed E-state index contributed by atoms with van der Waals surface area (Å²) in [6.07, 6.45) is 6.47. The van der Waals surface area contributed by atoms with E-state index in [4.69, 9.17) is 21.1 Å². The highest BCUT2D eigenvalue weighted by atomic mass is 35.5. The van der Waals surface area contributed by atoms with Crippen LogP contribution in [0.25, 0.3) is 0 Å². The number of fused-ring (bicyclic) bond motifs is 1. The summed E-state index contributed by atoms with van der Waals surface area (Å²) in [5.41, 5.74) is 2.29. The Bertz CT molecular complexity index is 1450. The van der Waals surface area contributed by atoms with Gasteiger partial charge in [-0.05, 0) is 87.7 Å². The van der Waals surface area contributed by atoms with Gasteiger partial charge in [-0.2, -0.15) is 0 Å². The molecule has 0 aliphatic carbocycles. The van der Waals surface area contributed by atoms with E-state index in [2.05, 4.69) is 35.6 Å². The second kappa shape index (κ2) is 15.7. The fraction of sp³-hybridized carbons (Fsp3) is 0.543. The van der Waals surface area contributed by atoms with Crippen molar-refractivity contribution in [3.8, 4) is 5.75 Å². The third-order valence-corrected chi connectivity index (χ3v) is 10.5. The molecule has 0 fully saturated rings. The predicted octanol–water partition coefficient (Wildman–Crippen LogP) is 6.18. The first-order chi connectivity index (χ1) is 21.8. The van der Waals surface area contributed by atoms with E-state index in [9.17, 15) is 13.8 Å². The lowest BCUT2D eigenvalue weighted by atomic mass is 9.91. The Morgan fingerprint density at radius 2 is 1.96 bits per heavy atom. The maximum atomic E-state index is 13.5. The summed E-state index contributed by atoms with van der Waals surface area (Å²) < 4.78 is 28.7. The molecule has 2 aromatic carbocycles. The topological polar surface area (TPSA) is 91.4 Å². The zero-order valence-corrected chi connectivity index (χ0v) is 29.7. The third-order valence-electron chi connectivity index (χ3n) is 9.19. The van der Waals surface area contributed by atoms with Gasteiger partial charge in [0.2, 0.25) is 0 Å². The summed E-state index contributed by atoms with van der Waals surface area (Å²) in [5.74, 6) is 0.434. The number of nitrogens with one attached hydrogen (secondary N) is 1. The number of hydrogen-bond acceptors (Lipinski definition) is 7. The van der Waals surface area contributed by atoms with Crippen LogP contribution in [0.15, 0.2) is 53.4 Å². The fourth-order valence-corrected chi connectivity index (χ4v) is 7.05. The highest BCUT2D eigenvalue weighted by Crippen LogP contribution is 2.38. The number of halogens is 1. The van der Waals surface area contributed by atoms with E-state index in [1.165, 1.54) is 16.0 Å². The molecule has 9 nitrogen and oxygen atoms in total. The number of likely N-dealkylation sites (N-methyl/N-ethyl adjacent to an activating group) is 1. The quantitative estimate of drug-likeness (QED) is 0.380. The molecule has 0 saturated carbocycles. The Morgan fingerprint density at radius 1 is 1.20 bits per heavy atom. The Kier molecular flexibility index (Phi) is 12.2. The number of benzene rings is 2. The van der Waals surface area contributed by atoms with Crippen LogP contribution in [-0.4, -0.2) is 85.0 Å². The van der Waals surface area contributed by atoms with Gasteiger partial charge in [0.1, 0.15) is 11.9 Å². The molecule has 46 heavy (non-hydrogen) atoms. The number of aryl methyl sites for hydroxylation is 1. The molecule has 2 amide bonds. The molecular weight excluding hydrogens is 624 g/mol. The number of carbonyl (C=O) groups is 2. The van der Waals surface area contributed by atoms with Crippen molar-refractivity contribution in [2.24, 2.45) is 5.92 Å². The molecule has 4 rings (SSSR count). The second-order valence-electron chi connectivity index (χ2n) is 12.9. The Balaban J connectivity index is 1.78. The lowest BCUT2D eigenvalue weighted by Crippen LogP contribution is -2.53. The third kappa shape index (κ3) is 8.44. The molecule has 2 heterocycles. The Hall–Kier alpha value is -3.08. The zero-order valence-electron chi connectivity index (χ0n) is 28.2. The van der Waals surface area contributed by atoms with Crippen LogP contribution in [0.1, 0.15) is 64.0 Å². The number of nitrogens with zero attached hydrogens (tertiary/aromatic N) is 3. The van der Waals surface area contributed by atoms with Crippen molar-refractivity contribution in [2.75, 3.05) is 52.3 Å². The minimum Gasteiger partial charge on any atom is -0.491 e. The molecule has 0 spiro atoms. The van der Waals surface area contributed by atoms with Crippen LogP contribution in [0, 0.1) is 5.92 Å². The molecule has 252 valence electrons. The molecule has 2 aromatic rings. The molecule has 1 N–H and O–H groups in total. The number of amides is 2. The molecule has 11 heteroatoms. The fourth-order valence-electron chi connectivity index (χ4n) is 5.91. The first kappa shape index (κ1) is 35.8. The van der Waals surface area contributed by atoms with E-state index in [1.54, 1.807) is 34.0 Å². The van der Waals surface area contributed by atoms with Crippen molar-refractivity contribution in [3.05, 3.63) is 64.7 Å². The summed E-state index contributed by atoms with van der Waals surface area (Å²) in [5, 5.41) is 0.718. The van der Waals surface area contributed by atoms with Gasteiger partial charge >= 0.3 is 6.09 Å². The molecule has 0 saturated heterocycles. The van der Waals surface area contributed by atoms with E-state index in [0.29, 0.717) is 36.9 Å². The molecular formula is C35H49ClN4O5S. The van der Waals surface area contributed by atoms with Gasteiger partial charge in [-0.25, -0.2) is 9.00 Å². The average Bonchev–Trinajstić information content (AvgIpc) is 3.19. The van der Waals surface area contributed by atoms with Gasteiger partial charge in [-0.3, -0.25) is 14.4 Å². The van der Waals surface area contributed by atoms with E-state index in [0.717, 1.165) is 36.4 Å². The summed E-state index contributed by atoms with van der Waals surface area (Å²) in [6, 6.07) is 11.6. The van der Waals surface area contributed by atoms with Gasteiger partial charge in [0, 0.05) is 50.6 Å². The van der Waals surface area contributed by atoms with Gasteiger partial charge < -0.3 is 19.3 Å². The van der Waals surface area contributed by atoms with Crippen LogP contribution in [0.5, 0.6) is 5.75 Å². The van der Waals surface area contributed by atoms with Gasteiger partial charge in [-0.1, -0.05) is 44.0 Å². The van der Waals surface area contributed by atoms with E-state index in [1.807, 2.05) is 42.3 Å². The van der Waals surface area contributed by atoms with E-state index in [-0.39, 0.29) is 17.7 Å². The van der Waals surface area contributed by atoms with Crippen LogP contribution in [0.4, 0.5) is 10.5 Å². The van der Waals surface area contributed by atoms with Crippen LogP contribution in [0.3, 0.4) is 0 Å². The van der Waals surface area contributed by atoms with Crippen LogP contribution < -0.4 is 14.4 Å². The van der Waals surface area contributed by atoms with Crippen molar-refractivity contribution in [3.63, 3.8) is 0 Å². The number of anilines is 1. The first-order valence-electron chi connectivity index (χ1n) is 16.1. The maximum Gasteiger partial charge on any atom is 0.409 e. The van der Waals surface area contributed by atoms with Crippen LogP contribution in [0.2, 0.25) is 5.02 Å². The average molecular weight is 673 g/mol. The van der Waals surface area contributed by atoms with Crippen LogP contribution >= 0.6 is 11.6 Å². The molecule has 0 aromatic heterocycles. The zero-order chi connectivity index (χ0) is 33.6. The standard InChI is InChI=1S/C35H49ClN4O5S/c1-8-11-25-20-27(36)13-15-29(25)26-22-40-19-17-24(9-2)31(45-34(42)38(5)6)12-10-18-39(7)35(3,4)33(41)37-46(43)28-14-16-32(44-23-26)30(40)21-28/h10,12-16,20-21,24,26,31H,8-9,11,17-19,22-23H2,1-7H3,(H,37,41)/b12-10+. The predicted molar refractivity (Wildman–Crippen MR) is 185 cm³/mol. The van der Waals surface area contributed by atoms with E-state index >= 15 is 0 Å². The number of ether oxygens (including phenoxy) is 2. The lowest BCUT2D eigenvalue weighted by Gasteiger charge is -2.34. The van der Waals surface area contributed by atoms with Gasteiger partial charge in [0.15, 0.2) is 11.0 Å². The molecule has 2 aliphatic heterocycles. The highest BCUT2D eigenvalue weighted by molar-refractivity contribution is 7.83. The summed E-state index contributed by atoms with van der Waals surface area (Å²) in [4.78, 5) is 32.3. The molecule has 2 bridgehead atoms. The van der Waals surface area contributed by atoms with E-state index < -0.39 is 28.7 Å². The number of carbonyl (C=O) groups excluding carboxylic acids is 2. The SMILES string of the molecule is CCCc1cc(Cl)ccc1C1COc2ccc3cc2N(CCC(CC)C(OC(=O)N(C)C)/C=C/CN(C)C(C)(C)C(=O)NS3=O)C1. The number of hydrogen-bond donors (Lipinski definition) is 1. The monoisotopic (exact) mass is 672 g/mol. The van der Waals surface area contributed by atoms with Crippen molar-refractivity contribution >= 4 is 40.3 Å². The Morgan fingerprint density at radius 3 is 2.65 bits per heavy atom. The van der Waals surface area contributed by atoms with Gasteiger partial charge in [0.05, 0.1) is 22.7 Å². The van der Waals surface area contributed by atoms with Crippen molar-refractivity contribution in [1.82, 2.24) is 14.5 Å². The smallest absolute Gasteiger partial charge is 0.409 e. The van der Waals surface area contributed by atoms with Gasteiger partial charge in [0.25, 0.3) is 5.91 Å². The minimum absolute atomic E-state index is 0.0317.